The average molecular weight is 392 g/mol. The molecule has 8 heteroatoms. The van der Waals surface area contributed by atoms with E-state index in [1.165, 1.54) is 5.69 Å². The van der Waals surface area contributed by atoms with E-state index in [1.54, 1.807) is 7.05 Å². The molecule has 1 aliphatic rings. The van der Waals surface area contributed by atoms with Gasteiger partial charge in [0.15, 0.2) is 5.96 Å². The fraction of sp³-hybridized carbons (Fsp3) is 0.750. The molecule has 1 saturated heterocycles. The van der Waals surface area contributed by atoms with Gasteiger partial charge in [-0.1, -0.05) is 0 Å². The largest absolute Gasteiger partial charge is 0.369 e. The summed E-state index contributed by atoms with van der Waals surface area (Å²) >= 11 is 0. The molecule has 0 atom stereocenters. The third-order valence-electron chi connectivity index (χ3n) is 5.35. The van der Waals surface area contributed by atoms with Gasteiger partial charge in [0, 0.05) is 38.3 Å². The summed E-state index contributed by atoms with van der Waals surface area (Å²) in [5, 5.41) is 11.2. The van der Waals surface area contributed by atoms with Crippen LogP contribution in [-0.4, -0.2) is 66.3 Å². The van der Waals surface area contributed by atoms with Crippen molar-refractivity contribution < 1.29 is 4.79 Å². The summed E-state index contributed by atoms with van der Waals surface area (Å²) in [7, 11) is 1.80. The number of primary amides is 1. The Hall–Kier alpha value is -2.09. The van der Waals surface area contributed by atoms with E-state index in [4.69, 9.17) is 5.73 Å². The zero-order chi connectivity index (χ0) is 20.4. The molecule has 0 aromatic carbocycles. The number of piperidine rings is 1. The fourth-order valence-corrected chi connectivity index (χ4v) is 3.67. The maximum atomic E-state index is 11.2. The van der Waals surface area contributed by atoms with Gasteiger partial charge in [-0.25, -0.2) is 0 Å². The van der Waals surface area contributed by atoms with E-state index in [2.05, 4.69) is 43.3 Å². The Morgan fingerprint density at radius 2 is 1.86 bits per heavy atom. The molecule has 1 aromatic rings. The second kappa shape index (κ2) is 11.7. The second-order valence-corrected chi connectivity index (χ2v) is 7.65. The summed E-state index contributed by atoms with van der Waals surface area (Å²) in [5.74, 6) is 0.793. The number of amides is 1. The Bertz CT molecular complexity index is 632. The second-order valence-electron chi connectivity index (χ2n) is 7.65. The van der Waals surface area contributed by atoms with Gasteiger partial charge in [0.1, 0.15) is 0 Å². The van der Waals surface area contributed by atoms with Crippen molar-refractivity contribution in [3.63, 3.8) is 0 Å². The zero-order valence-electron chi connectivity index (χ0n) is 17.7. The van der Waals surface area contributed by atoms with E-state index in [-0.39, 0.29) is 11.8 Å². The molecule has 1 amide bonds. The first kappa shape index (κ1) is 22.2. The molecule has 2 heterocycles. The highest BCUT2D eigenvalue weighted by atomic mass is 16.1. The van der Waals surface area contributed by atoms with Gasteiger partial charge in [-0.05, 0) is 71.7 Å². The van der Waals surface area contributed by atoms with Crippen LogP contribution >= 0.6 is 0 Å². The molecule has 0 spiro atoms. The summed E-state index contributed by atoms with van der Waals surface area (Å²) in [6.07, 6.45) is 5.05. The number of hydrogen-bond acceptors (Lipinski definition) is 4. The number of guanidine groups is 1. The number of nitrogens with one attached hydrogen (secondary N) is 2. The van der Waals surface area contributed by atoms with Gasteiger partial charge >= 0.3 is 0 Å². The van der Waals surface area contributed by atoms with Gasteiger partial charge in [-0.15, -0.1) is 0 Å². The molecule has 158 valence electrons. The molecule has 0 saturated carbocycles. The van der Waals surface area contributed by atoms with Crippen molar-refractivity contribution in [1.29, 1.82) is 0 Å². The number of carbonyl (C=O) groups is 1. The van der Waals surface area contributed by atoms with Crippen molar-refractivity contribution in [3.8, 4) is 0 Å². The lowest BCUT2D eigenvalue weighted by atomic mass is 9.96. The number of rotatable bonds is 10. The number of aromatic nitrogens is 2. The maximum Gasteiger partial charge on any atom is 0.220 e. The van der Waals surface area contributed by atoms with Crippen LogP contribution < -0.4 is 16.4 Å². The smallest absolute Gasteiger partial charge is 0.220 e. The van der Waals surface area contributed by atoms with Gasteiger partial charge in [0.05, 0.1) is 5.69 Å². The Labute approximate surface area is 168 Å². The van der Waals surface area contributed by atoms with Crippen LogP contribution in [0.5, 0.6) is 0 Å². The van der Waals surface area contributed by atoms with Crippen LogP contribution in [0, 0.1) is 19.8 Å². The topological polar surface area (TPSA) is 101 Å². The Morgan fingerprint density at radius 3 is 2.43 bits per heavy atom. The highest BCUT2D eigenvalue weighted by Crippen LogP contribution is 2.16. The summed E-state index contributed by atoms with van der Waals surface area (Å²) in [5.41, 5.74) is 7.66. The van der Waals surface area contributed by atoms with Gasteiger partial charge in [0.25, 0.3) is 0 Å². The number of likely N-dealkylation sites (tertiary alicyclic amines) is 1. The Balaban J connectivity index is 1.50. The van der Waals surface area contributed by atoms with E-state index < -0.39 is 0 Å². The third kappa shape index (κ3) is 7.50. The van der Waals surface area contributed by atoms with E-state index in [0.717, 1.165) is 83.0 Å². The van der Waals surface area contributed by atoms with Crippen LogP contribution in [0.25, 0.3) is 0 Å². The molecule has 1 aliphatic heterocycles. The van der Waals surface area contributed by atoms with E-state index in [1.807, 2.05) is 6.92 Å². The minimum absolute atomic E-state index is 0.0774. The number of carbonyl (C=O) groups excluding carboxylic acids is 1. The van der Waals surface area contributed by atoms with Crippen LogP contribution in [0.2, 0.25) is 0 Å². The molecule has 1 fully saturated rings. The first-order chi connectivity index (χ1) is 13.5. The normalized spacial score (nSPS) is 16.3. The molecule has 2 rings (SSSR count). The molecule has 0 bridgehead atoms. The van der Waals surface area contributed by atoms with Crippen molar-refractivity contribution in [1.82, 2.24) is 25.3 Å². The van der Waals surface area contributed by atoms with E-state index in [0.29, 0.717) is 0 Å². The minimum atomic E-state index is -0.141. The van der Waals surface area contributed by atoms with Crippen LogP contribution in [0.3, 0.4) is 0 Å². The zero-order valence-corrected chi connectivity index (χ0v) is 17.7. The highest BCUT2D eigenvalue weighted by Gasteiger charge is 2.22. The third-order valence-corrected chi connectivity index (χ3v) is 5.35. The minimum Gasteiger partial charge on any atom is -0.369 e. The summed E-state index contributed by atoms with van der Waals surface area (Å²) in [6.45, 7) is 9.86. The lowest BCUT2D eigenvalue weighted by Gasteiger charge is -2.30. The standard InChI is InChI=1S/C20H37N7O/c1-16-15-17(2)27(25-16)12-6-10-24-20(22-3)23-9-4-5-11-26-13-7-18(8-14-26)19(21)28/h15,18H,4-14H2,1-3H3,(H2,21,28)(H2,22,23,24). The predicted octanol–water partition coefficient (Wildman–Crippen LogP) is 1.03. The monoisotopic (exact) mass is 391 g/mol. The van der Waals surface area contributed by atoms with Crippen LogP contribution in [0.1, 0.15) is 43.5 Å². The molecule has 0 aliphatic carbocycles. The molecule has 28 heavy (non-hydrogen) atoms. The first-order valence-electron chi connectivity index (χ1n) is 10.5. The molecular formula is C20H37N7O. The Kier molecular flexibility index (Phi) is 9.27. The summed E-state index contributed by atoms with van der Waals surface area (Å²) in [6, 6.07) is 2.11. The maximum absolute atomic E-state index is 11.2. The fourth-order valence-electron chi connectivity index (χ4n) is 3.67. The predicted molar refractivity (Wildman–Crippen MR) is 113 cm³/mol. The van der Waals surface area contributed by atoms with Crippen molar-refractivity contribution in [3.05, 3.63) is 17.5 Å². The van der Waals surface area contributed by atoms with Gasteiger partial charge < -0.3 is 21.3 Å². The number of aryl methyl sites for hydroxylation is 3. The average Bonchev–Trinajstić information content (AvgIpc) is 3.00. The van der Waals surface area contributed by atoms with Crippen LogP contribution in [-0.2, 0) is 11.3 Å². The summed E-state index contributed by atoms with van der Waals surface area (Å²) in [4.78, 5) is 17.9. The molecule has 0 radical (unpaired) electrons. The van der Waals surface area contributed by atoms with Gasteiger partial charge in [-0.2, -0.15) is 5.10 Å². The summed E-state index contributed by atoms with van der Waals surface area (Å²) < 4.78 is 2.06. The van der Waals surface area contributed by atoms with Crippen LogP contribution in [0.15, 0.2) is 11.1 Å². The van der Waals surface area contributed by atoms with E-state index in [9.17, 15) is 4.79 Å². The van der Waals surface area contributed by atoms with Gasteiger partial charge in [0.2, 0.25) is 5.91 Å². The molecule has 0 unspecified atom stereocenters. The Morgan fingerprint density at radius 1 is 1.18 bits per heavy atom. The van der Waals surface area contributed by atoms with E-state index >= 15 is 0 Å². The van der Waals surface area contributed by atoms with Crippen molar-refractivity contribution in [2.45, 2.75) is 52.5 Å². The van der Waals surface area contributed by atoms with Crippen molar-refractivity contribution in [2.24, 2.45) is 16.6 Å². The highest BCUT2D eigenvalue weighted by molar-refractivity contribution is 5.79. The number of aliphatic imine (C=N–C) groups is 1. The van der Waals surface area contributed by atoms with Crippen LogP contribution in [0.4, 0.5) is 0 Å². The molecular weight excluding hydrogens is 354 g/mol. The lowest BCUT2D eigenvalue weighted by molar-refractivity contribution is -0.123. The molecule has 1 aromatic heterocycles. The number of unbranched alkanes of at least 4 members (excludes halogenated alkanes) is 1. The quantitative estimate of drug-likeness (QED) is 0.314. The first-order valence-corrected chi connectivity index (χ1v) is 10.5. The van der Waals surface area contributed by atoms with Crippen molar-refractivity contribution >= 4 is 11.9 Å². The number of nitrogens with two attached hydrogens (primary N) is 1. The molecule has 4 N–H and O–H groups in total. The van der Waals surface area contributed by atoms with Crippen molar-refractivity contribution in [2.75, 3.05) is 39.8 Å². The van der Waals surface area contributed by atoms with Gasteiger partial charge in [-0.3, -0.25) is 14.5 Å². The molecule has 8 nitrogen and oxygen atoms in total. The lowest BCUT2D eigenvalue weighted by Crippen LogP contribution is -2.40. The number of hydrogen-bond donors (Lipinski definition) is 3. The SMILES string of the molecule is CN=C(NCCCCN1CCC(C(N)=O)CC1)NCCCn1nc(C)cc1C. The number of nitrogens with zero attached hydrogens (tertiary/aromatic N) is 4.